The molecule has 0 aromatic rings. The summed E-state index contributed by atoms with van der Waals surface area (Å²) in [5.41, 5.74) is 0.912. The second kappa shape index (κ2) is 3.71. The Labute approximate surface area is 68.9 Å². The van der Waals surface area contributed by atoms with Gasteiger partial charge in [-0.25, -0.2) is 0 Å². The lowest BCUT2D eigenvalue weighted by atomic mass is 10.3. The van der Waals surface area contributed by atoms with Crippen LogP contribution in [0.4, 0.5) is 0 Å². The van der Waals surface area contributed by atoms with Crippen molar-refractivity contribution in [2.75, 3.05) is 0 Å². The van der Waals surface area contributed by atoms with E-state index in [1.54, 1.807) is 6.08 Å². The topological polar surface area (TPSA) is 20.2 Å². The SMILES string of the molecule is C=C(C)/C=C(/I)C(=C)O. The zero-order valence-electron chi connectivity index (χ0n) is 5.32. The predicted molar refractivity (Wildman–Crippen MR) is 48.7 cm³/mol. The second-order valence-corrected chi connectivity index (χ2v) is 2.95. The van der Waals surface area contributed by atoms with Crippen LogP contribution in [-0.4, -0.2) is 5.11 Å². The van der Waals surface area contributed by atoms with Crippen molar-refractivity contribution in [3.63, 3.8) is 0 Å². The third kappa shape index (κ3) is 4.27. The van der Waals surface area contributed by atoms with E-state index in [0.29, 0.717) is 0 Å². The van der Waals surface area contributed by atoms with Crippen molar-refractivity contribution < 1.29 is 5.11 Å². The Morgan fingerprint density at radius 3 is 2.11 bits per heavy atom. The van der Waals surface area contributed by atoms with Gasteiger partial charge in [0.25, 0.3) is 0 Å². The number of halogens is 1. The van der Waals surface area contributed by atoms with Gasteiger partial charge in [0.1, 0.15) is 5.76 Å². The highest BCUT2D eigenvalue weighted by Gasteiger charge is 1.91. The summed E-state index contributed by atoms with van der Waals surface area (Å²) >= 11 is 2.00. The zero-order chi connectivity index (χ0) is 7.44. The Morgan fingerprint density at radius 1 is 1.56 bits per heavy atom. The van der Waals surface area contributed by atoms with Gasteiger partial charge in [0, 0.05) is 0 Å². The summed E-state index contributed by atoms with van der Waals surface area (Å²) < 4.78 is 0.736. The van der Waals surface area contributed by atoms with Crippen molar-refractivity contribution in [3.8, 4) is 0 Å². The van der Waals surface area contributed by atoms with Crippen molar-refractivity contribution in [1.29, 1.82) is 0 Å². The molecule has 0 aliphatic carbocycles. The lowest BCUT2D eigenvalue weighted by molar-refractivity contribution is 0.434. The van der Waals surface area contributed by atoms with E-state index >= 15 is 0 Å². The van der Waals surface area contributed by atoms with Crippen molar-refractivity contribution >= 4 is 22.6 Å². The number of aliphatic hydroxyl groups is 1. The van der Waals surface area contributed by atoms with Crippen LogP contribution >= 0.6 is 22.6 Å². The summed E-state index contributed by atoms with van der Waals surface area (Å²) in [6.07, 6.45) is 1.77. The largest absolute Gasteiger partial charge is 0.507 e. The van der Waals surface area contributed by atoms with E-state index in [2.05, 4.69) is 13.2 Å². The molecule has 1 nitrogen and oxygen atoms in total. The summed E-state index contributed by atoms with van der Waals surface area (Å²) in [4.78, 5) is 0. The van der Waals surface area contributed by atoms with Crippen LogP contribution in [0.25, 0.3) is 0 Å². The van der Waals surface area contributed by atoms with Crippen LogP contribution in [0, 0.1) is 0 Å². The Morgan fingerprint density at radius 2 is 2.00 bits per heavy atom. The van der Waals surface area contributed by atoms with Crippen molar-refractivity contribution in [2.45, 2.75) is 6.92 Å². The molecule has 0 amide bonds. The average Bonchev–Trinajstić information content (AvgIpc) is 1.63. The second-order valence-electron chi connectivity index (χ2n) is 1.79. The highest BCUT2D eigenvalue weighted by Crippen LogP contribution is 2.14. The van der Waals surface area contributed by atoms with E-state index in [1.807, 2.05) is 29.5 Å². The molecule has 0 saturated carbocycles. The number of aliphatic hydroxyl groups excluding tert-OH is 1. The maximum atomic E-state index is 8.76. The monoisotopic (exact) mass is 236 g/mol. The molecule has 0 atom stereocenters. The first-order valence-corrected chi connectivity index (χ1v) is 3.53. The van der Waals surface area contributed by atoms with Gasteiger partial charge in [-0.05, 0) is 35.6 Å². The summed E-state index contributed by atoms with van der Waals surface area (Å²) in [6, 6.07) is 0. The third-order valence-corrected chi connectivity index (χ3v) is 1.58. The Kier molecular flexibility index (Phi) is 3.61. The van der Waals surface area contributed by atoms with Gasteiger partial charge >= 0.3 is 0 Å². The average molecular weight is 236 g/mol. The fourth-order valence-corrected chi connectivity index (χ4v) is 0.831. The molecule has 2 heteroatoms. The highest BCUT2D eigenvalue weighted by molar-refractivity contribution is 14.1. The maximum absolute atomic E-state index is 8.76. The first-order chi connectivity index (χ1) is 4.04. The molecule has 0 aromatic heterocycles. The fraction of sp³-hybridized carbons (Fsp3) is 0.143. The molecule has 0 aliphatic heterocycles. The van der Waals surface area contributed by atoms with Crippen molar-refractivity contribution in [2.24, 2.45) is 0 Å². The minimum atomic E-state index is 0.0959. The molecular weight excluding hydrogens is 227 g/mol. The molecule has 0 rings (SSSR count). The Balaban J connectivity index is 4.17. The van der Waals surface area contributed by atoms with E-state index in [4.69, 9.17) is 5.11 Å². The number of hydrogen-bond donors (Lipinski definition) is 1. The highest BCUT2D eigenvalue weighted by atomic mass is 127. The van der Waals surface area contributed by atoms with E-state index in [9.17, 15) is 0 Å². The molecule has 0 spiro atoms. The minimum Gasteiger partial charge on any atom is -0.507 e. The molecule has 0 bridgehead atoms. The molecule has 0 fully saturated rings. The quantitative estimate of drug-likeness (QED) is 0.444. The van der Waals surface area contributed by atoms with Gasteiger partial charge in [0.15, 0.2) is 0 Å². The van der Waals surface area contributed by atoms with Gasteiger partial charge < -0.3 is 5.11 Å². The van der Waals surface area contributed by atoms with Crippen LogP contribution in [0.2, 0.25) is 0 Å². The first kappa shape index (κ1) is 8.75. The molecule has 50 valence electrons. The molecule has 0 aliphatic rings. The molecule has 0 saturated heterocycles. The summed E-state index contributed by atoms with van der Waals surface area (Å²) in [5, 5.41) is 8.76. The minimum absolute atomic E-state index is 0.0959. The maximum Gasteiger partial charge on any atom is 0.121 e. The summed E-state index contributed by atoms with van der Waals surface area (Å²) in [7, 11) is 0. The smallest absolute Gasteiger partial charge is 0.121 e. The Hall–Kier alpha value is -0.250. The van der Waals surface area contributed by atoms with Crippen LogP contribution in [0.1, 0.15) is 6.92 Å². The number of rotatable bonds is 2. The first-order valence-electron chi connectivity index (χ1n) is 2.45. The number of hydrogen-bond acceptors (Lipinski definition) is 1. The standard InChI is InChI=1S/C7H9IO/c1-5(2)4-7(8)6(3)9/h4,9H,1,3H2,2H3/b7-4+. The normalized spacial score (nSPS) is 11.1. The Bertz CT molecular complexity index is 168. The van der Waals surface area contributed by atoms with Crippen molar-refractivity contribution in [3.05, 3.63) is 34.1 Å². The molecule has 0 aromatic carbocycles. The lowest BCUT2D eigenvalue weighted by Crippen LogP contribution is -1.75. The molecule has 9 heavy (non-hydrogen) atoms. The summed E-state index contributed by atoms with van der Waals surface area (Å²) in [5.74, 6) is 0.0959. The van der Waals surface area contributed by atoms with Crippen LogP contribution in [0.15, 0.2) is 34.1 Å². The van der Waals surface area contributed by atoms with Gasteiger partial charge in [0.05, 0.1) is 3.58 Å². The van der Waals surface area contributed by atoms with Gasteiger partial charge in [-0.1, -0.05) is 18.7 Å². The van der Waals surface area contributed by atoms with Gasteiger partial charge in [0.2, 0.25) is 0 Å². The predicted octanol–water partition coefficient (Wildman–Crippen LogP) is 2.95. The van der Waals surface area contributed by atoms with Crippen LogP contribution < -0.4 is 0 Å². The summed E-state index contributed by atoms with van der Waals surface area (Å²) in [6.45, 7) is 8.85. The molecule has 0 unspecified atom stereocenters. The zero-order valence-corrected chi connectivity index (χ0v) is 7.47. The lowest BCUT2D eigenvalue weighted by Gasteiger charge is -1.93. The van der Waals surface area contributed by atoms with E-state index in [-0.39, 0.29) is 5.76 Å². The molecular formula is C7H9IO. The van der Waals surface area contributed by atoms with Gasteiger partial charge in [-0.15, -0.1) is 0 Å². The van der Waals surface area contributed by atoms with Gasteiger partial charge in [-0.3, -0.25) is 0 Å². The molecule has 1 N–H and O–H groups in total. The van der Waals surface area contributed by atoms with Crippen LogP contribution in [0.5, 0.6) is 0 Å². The molecule has 0 heterocycles. The molecule has 0 radical (unpaired) electrons. The third-order valence-electron chi connectivity index (χ3n) is 0.649. The van der Waals surface area contributed by atoms with Crippen LogP contribution in [0.3, 0.4) is 0 Å². The number of allylic oxidation sites excluding steroid dienone is 3. The van der Waals surface area contributed by atoms with E-state index in [1.165, 1.54) is 0 Å². The van der Waals surface area contributed by atoms with Crippen molar-refractivity contribution in [1.82, 2.24) is 0 Å². The van der Waals surface area contributed by atoms with Crippen LogP contribution in [-0.2, 0) is 0 Å². The van der Waals surface area contributed by atoms with E-state index < -0.39 is 0 Å². The van der Waals surface area contributed by atoms with E-state index in [0.717, 1.165) is 9.15 Å². The fourth-order valence-electron chi connectivity index (χ4n) is 0.300. The van der Waals surface area contributed by atoms with Gasteiger partial charge in [-0.2, -0.15) is 0 Å².